The molecule has 190 valence electrons. The van der Waals surface area contributed by atoms with E-state index in [0.29, 0.717) is 50.8 Å². The normalized spacial score (nSPS) is 28.4. The van der Waals surface area contributed by atoms with Gasteiger partial charge in [-0.05, 0) is 32.4 Å². The van der Waals surface area contributed by atoms with E-state index in [2.05, 4.69) is 14.9 Å². The molecule has 0 radical (unpaired) electrons. The number of hydrogen-bond donors (Lipinski definition) is 2. The van der Waals surface area contributed by atoms with E-state index in [4.69, 9.17) is 4.74 Å². The fraction of sp³-hybridized carbons (Fsp3) is 0.583. The highest BCUT2D eigenvalue weighted by Crippen LogP contribution is 2.32. The molecular formula is C24H33N5O5S. The summed E-state index contributed by atoms with van der Waals surface area (Å²) in [7, 11) is -3.65. The number of benzene rings is 1. The zero-order valence-electron chi connectivity index (χ0n) is 20.1. The van der Waals surface area contributed by atoms with Crippen molar-refractivity contribution in [3.05, 3.63) is 48.3 Å². The quantitative estimate of drug-likeness (QED) is 0.578. The molecule has 5 rings (SSSR count). The summed E-state index contributed by atoms with van der Waals surface area (Å²) in [5, 5.41) is 20.8. The lowest BCUT2D eigenvalue weighted by molar-refractivity contribution is -0.0345. The fourth-order valence-electron chi connectivity index (χ4n) is 5.28. The second-order valence-electron chi connectivity index (χ2n) is 10.1. The van der Waals surface area contributed by atoms with Crippen LogP contribution in [0.25, 0.3) is 0 Å². The number of aliphatic hydroxyl groups is 2. The predicted molar refractivity (Wildman–Crippen MR) is 129 cm³/mol. The van der Waals surface area contributed by atoms with Crippen LogP contribution in [0, 0.1) is 0 Å². The third-order valence-electron chi connectivity index (χ3n) is 7.30. The second kappa shape index (κ2) is 9.38. The van der Waals surface area contributed by atoms with Gasteiger partial charge in [-0.1, -0.05) is 18.2 Å². The van der Waals surface area contributed by atoms with Crippen molar-refractivity contribution < 1.29 is 23.4 Å². The molecule has 3 unspecified atom stereocenters. The molecule has 1 aromatic carbocycles. The minimum atomic E-state index is -3.65. The van der Waals surface area contributed by atoms with Crippen molar-refractivity contribution in [1.82, 2.24) is 19.2 Å². The lowest BCUT2D eigenvalue weighted by Crippen LogP contribution is -2.61. The highest BCUT2D eigenvalue weighted by Gasteiger charge is 2.46. The Morgan fingerprint density at radius 1 is 1.11 bits per heavy atom. The third-order valence-corrected chi connectivity index (χ3v) is 9.18. The molecule has 2 N–H and O–H groups in total. The number of ether oxygens (including phenoxy) is 1. The van der Waals surface area contributed by atoms with Crippen LogP contribution < -0.4 is 4.90 Å². The minimum absolute atomic E-state index is 0.102. The van der Waals surface area contributed by atoms with Gasteiger partial charge in [-0.2, -0.15) is 4.31 Å². The van der Waals surface area contributed by atoms with Gasteiger partial charge in [0.25, 0.3) is 0 Å². The molecule has 3 aliphatic heterocycles. The zero-order chi connectivity index (χ0) is 24.8. The van der Waals surface area contributed by atoms with Gasteiger partial charge in [-0.3, -0.25) is 4.90 Å². The Hall–Kier alpha value is -2.15. The van der Waals surface area contributed by atoms with E-state index < -0.39 is 21.7 Å². The summed E-state index contributed by atoms with van der Waals surface area (Å²) >= 11 is 0. The number of morpholine rings is 1. The van der Waals surface area contributed by atoms with Crippen LogP contribution in [0.15, 0.2) is 47.6 Å². The molecule has 0 amide bonds. The monoisotopic (exact) mass is 503 g/mol. The lowest BCUT2D eigenvalue weighted by atomic mass is 10.0. The lowest BCUT2D eigenvalue weighted by Gasteiger charge is -2.45. The topological polar surface area (TPSA) is 119 Å². The first-order valence-corrected chi connectivity index (χ1v) is 13.5. The molecule has 4 heterocycles. The molecule has 1 aromatic heterocycles. The van der Waals surface area contributed by atoms with Crippen molar-refractivity contribution in [3.63, 3.8) is 0 Å². The molecule has 0 spiro atoms. The van der Waals surface area contributed by atoms with Crippen molar-refractivity contribution in [2.24, 2.45) is 0 Å². The highest BCUT2D eigenvalue weighted by molar-refractivity contribution is 7.89. The standard InChI is InChI=1S/C24H33N5O5S/c1-24(2,31)17-11-25-23(26-12-17)28-9-8-27(35(32,33)20-6-4-3-5-7-20)13-19(28)14-29-18-10-22(30)21(29)16-34-15-18/h3-7,11-12,18-19,21-22,30-31H,8-10,13-16H2,1-2H3/t18?,19-,21?,22?/m1/s1. The van der Waals surface area contributed by atoms with Gasteiger partial charge in [0.15, 0.2) is 0 Å². The number of piperazine rings is 1. The summed E-state index contributed by atoms with van der Waals surface area (Å²) in [5.74, 6) is 0.501. The largest absolute Gasteiger partial charge is 0.391 e. The molecule has 3 saturated heterocycles. The molecule has 0 saturated carbocycles. The van der Waals surface area contributed by atoms with Crippen LogP contribution >= 0.6 is 0 Å². The molecular weight excluding hydrogens is 470 g/mol. The Kier molecular flexibility index (Phi) is 6.58. The molecule has 35 heavy (non-hydrogen) atoms. The fourth-order valence-corrected chi connectivity index (χ4v) is 6.77. The number of hydrogen-bond acceptors (Lipinski definition) is 9. The molecule has 11 heteroatoms. The minimum Gasteiger partial charge on any atom is -0.391 e. The number of aromatic nitrogens is 2. The number of rotatable bonds is 6. The Morgan fingerprint density at radius 2 is 1.83 bits per heavy atom. The summed E-state index contributed by atoms with van der Waals surface area (Å²) in [6, 6.07) is 8.27. The van der Waals surface area contributed by atoms with Crippen LogP contribution in [0.1, 0.15) is 25.8 Å². The molecule has 4 atom stereocenters. The van der Waals surface area contributed by atoms with Gasteiger partial charge in [-0.15, -0.1) is 0 Å². The summed E-state index contributed by atoms with van der Waals surface area (Å²) in [4.78, 5) is 13.6. The van der Waals surface area contributed by atoms with Crippen molar-refractivity contribution in [2.45, 2.75) is 55.0 Å². The average Bonchev–Trinajstić information content (AvgIpc) is 3.00. The van der Waals surface area contributed by atoms with Crippen LogP contribution in [0.4, 0.5) is 5.95 Å². The van der Waals surface area contributed by atoms with E-state index in [1.807, 2.05) is 4.90 Å². The van der Waals surface area contributed by atoms with Crippen molar-refractivity contribution in [3.8, 4) is 0 Å². The Labute approximate surface area is 206 Å². The SMILES string of the molecule is CC(C)(O)c1cnc(N2CCN(S(=O)(=O)c3ccccc3)C[C@@H]2CN2C3COCC2C(O)C3)nc1. The van der Waals surface area contributed by atoms with Gasteiger partial charge in [0.2, 0.25) is 16.0 Å². The number of sulfonamides is 1. The van der Waals surface area contributed by atoms with Gasteiger partial charge in [0, 0.05) is 50.2 Å². The molecule has 3 aliphatic rings. The highest BCUT2D eigenvalue weighted by atomic mass is 32.2. The van der Waals surface area contributed by atoms with Crippen LogP contribution in [0.2, 0.25) is 0 Å². The van der Waals surface area contributed by atoms with Crippen molar-refractivity contribution in [1.29, 1.82) is 0 Å². The van der Waals surface area contributed by atoms with Gasteiger partial charge >= 0.3 is 0 Å². The van der Waals surface area contributed by atoms with Gasteiger partial charge in [0.1, 0.15) is 0 Å². The second-order valence-corrected chi connectivity index (χ2v) is 12.1. The summed E-state index contributed by atoms with van der Waals surface area (Å²) < 4.78 is 34.0. The first-order chi connectivity index (χ1) is 16.6. The van der Waals surface area contributed by atoms with Crippen LogP contribution in [-0.4, -0.2) is 101 Å². The number of aliphatic hydroxyl groups excluding tert-OH is 1. The first kappa shape index (κ1) is 24.5. The smallest absolute Gasteiger partial charge is 0.243 e. The van der Waals surface area contributed by atoms with Crippen LogP contribution in [-0.2, 0) is 20.4 Å². The summed E-state index contributed by atoms with van der Waals surface area (Å²) in [5.41, 5.74) is -0.443. The first-order valence-electron chi connectivity index (χ1n) is 12.0. The molecule has 10 nitrogen and oxygen atoms in total. The van der Waals surface area contributed by atoms with E-state index in [1.54, 1.807) is 56.6 Å². The maximum Gasteiger partial charge on any atom is 0.243 e. The van der Waals surface area contributed by atoms with E-state index in [-0.39, 0.29) is 29.6 Å². The third kappa shape index (κ3) is 4.81. The Morgan fingerprint density at radius 3 is 2.49 bits per heavy atom. The van der Waals surface area contributed by atoms with Crippen molar-refractivity contribution >= 4 is 16.0 Å². The average molecular weight is 504 g/mol. The van der Waals surface area contributed by atoms with E-state index >= 15 is 0 Å². The maximum absolute atomic E-state index is 13.4. The van der Waals surface area contributed by atoms with Gasteiger partial charge in [0.05, 0.1) is 41.9 Å². The summed E-state index contributed by atoms with van der Waals surface area (Å²) in [6.07, 6.45) is 3.44. The Balaban J connectivity index is 1.43. The maximum atomic E-state index is 13.4. The van der Waals surface area contributed by atoms with E-state index in [9.17, 15) is 18.6 Å². The number of fused-ring (bicyclic) bond motifs is 2. The van der Waals surface area contributed by atoms with Gasteiger partial charge < -0.3 is 19.8 Å². The van der Waals surface area contributed by atoms with Crippen LogP contribution in [0.3, 0.4) is 0 Å². The number of nitrogens with zero attached hydrogens (tertiary/aromatic N) is 5. The van der Waals surface area contributed by atoms with Crippen molar-refractivity contribution in [2.75, 3.05) is 44.3 Å². The zero-order valence-corrected chi connectivity index (χ0v) is 20.9. The van der Waals surface area contributed by atoms with Crippen LogP contribution in [0.5, 0.6) is 0 Å². The van der Waals surface area contributed by atoms with E-state index in [1.165, 1.54) is 4.31 Å². The molecule has 3 fully saturated rings. The Bertz CT molecular complexity index is 1130. The van der Waals surface area contributed by atoms with E-state index in [0.717, 1.165) is 0 Å². The number of anilines is 1. The predicted octanol–water partition coefficient (Wildman–Crippen LogP) is 0.418. The summed E-state index contributed by atoms with van der Waals surface area (Å²) in [6.45, 7) is 5.97. The molecule has 2 bridgehead atoms. The molecule has 0 aliphatic carbocycles. The molecule has 2 aromatic rings. The van der Waals surface area contributed by atoms with Gasteiger partial charge in [-0.25, -0.2) is 18.4 Å².